The molecule has 0 aliphatic rings. The van der Waals surface area contributed by atoms with Crippen molar-refractivity contribution in [2.75, 3.05) is 13.6 Å². The van der Waals surface area contributed by atoms with E-state index in [0.29, 0.717) is 13.1 Å². The second-order valence-corrected chi connectivity index (χ2v) is 7.93. The highest BCUT2D eigenvalue weighted by molar-refractivity contribution is 5.25. The summed E-state index contributed by atoms with van der Waals surface area (Å²) in [5.41, 5.74) is 3.98. The number of benzene rings is 2. The highest BCUT2D eigenvalue weighted by Gasteiger charge is 2.15. The van der Waals surface area contributed by atoms with Crippen molar-refractivity contribution in [3.63, 3.8) is 0 Å². The van der Waals surface area contributed by atoms with Gasteiger partial charge in [0, 0.05) is 25.3 Å². The van der Waals surface area contributed by atoms with E-state index in [0.717, 1.165) is 29.5 Å². The minimum atomic E-state index is -0.691. The van der Waals surface area contributed by atoms with Crippen molar-refractivity contribution in [1.29, 1.82) is 0 Å². The van der Waals surface area contributed by atoms with E-state index in [4.69, 9.17) is 0 Å². The Labute approximate surface area is 184 Å². The molecule has 0 saturated carbocycles. The van der Waals surface area contributed by atoms with Crippen LogP contribution in [-0.4, -0.2) is 44.9 Å². The zero-order chi connectivity index (χ0) is 22.1. The first-order valence-electron chi connectivity index (χ1n) is 10.8. The highest BCUT2D eigenvalue weighted by Crippen LogP contribution is 2.20. The Morgan fingerprint density at radius 1 is 0.903 bits per heavy atom. The minimum Gasteiger partial charge on any atom is -0.387 e. The van der Waals surface area contributed by atoms with Crippen LogP contribution in [0.1, 0.15) is 47.9 Å². The molecular formula is C25H32N4O2. The summed E-state index contributed by atoms with van der Waals surface area (Å²) in [4.78, 5) is 1.87. The van der Waals surface area contributed by atoms with Crippen molar-refractivity contribution in [3.05, 3.63) is 95.3 Å². The molecule has 3 N–H and O–H groups in total. The van der Waals surface area contributed by atoms with Gasteiger partial charge < -0.3 is 15.5 Å². The molecule has 1 aromatic heterocycles. The molecule has 6 heteroatoms. The van der Waals surface area contributed by atoms with Crippen LogP contribution in [0.15, 0.2) is 73.1 Å². The van der Waals surface area contributed by atoms with E-state index in [9.17, 15) is 10.2 Å². The predicted octanol–water partition coefficient (Wildman–Crippen LogP) is 3.24. The quantitative estimate of drug-likeness (QED) is 0.413. The summed E-state index contributed by atoms with van der Waals surface area (Å²) in [6.07, 6.45) is 3.99. The van der Waals surface area contributed by atoms with Gasteiger partial charge in [-0.3, -0.25) is 4.90 Å². The molecule has 6 nitrogen and oxygen atoms in total. The second-order valence-electron chi connectivity index (χ2n) is 7.93. The molecule has 2 aromatic carbocycles. The molecule has 0 bridgehead atoms. The maximum absolute atomic E-state index is 10.7. The van der Waals surface area contributed by atoms with E-state index in [1.807, 2.05) is 60.5 Å². The van der Waals surface area contributed by atoms with Gasteiger partial charge in [-0.2, -0.15) is 10.2 Å². The molecule has 0 aliphatic heterocycles. The van der Waals surface area contributed by atoms with Gasteiger partial charge in [0.15, 0.2) is 0 Å². The molecule has 0 amide bonds. The number of aromatic nitrogens is 2. The maximum atomic E-state index is 10.7. The first-order valence-corrected chi connectivity index (χ1v) is 10.8. The number of hydrogen-bond donors (Lipinski definition) is 3. The number of nitrogens with zero attached hydrogens (tertiary/aromatic N) is 3. The van der Waals surface area contributed by atoms with Gasteiger partial charge in [0.05, 0.1) is 12.3 Å². The Bertz CT molecular complexity index is 890. The average molecular weight is 421 g/mol. The third-order valence-electron chi connectivity index (χ3n) is 5.53. The first-order chi connectivity index (χ1) is 15.1. The number of rotatable bonds is 11. The predicted molar refractivity (Wildman–Crippen MR) is 122 cm³/mol. The van der Waals surface area contributed by atoms with Crippen LogP contribution >= 0.6 is 0 Å². The molecule has 0 spiro atoms. The highest BCUT2D eigenvalue weighted by atomic mass is 16.3. The van der Waals surface area contributed by atoms with Gasteiger partial charge in [-0.15, -0.1) is 0 Å². The van der Waals surface area contributed by atoms with Crippen LogP contribution in [0.25, 0.3) is 0 Å². The largest absolute Gasteiger partial charge is 0.387 e. The summed E-state index contributed by atoms with van der Waals surface area (Å²) < 4.78 is 0. The summed E-state index contributed by atoms with van der Waals surface area (Å²) in [6.45, 7) is 3.26. The lowest BCUT2D eigenvalue weighted by atomic mass is 10.0. The Kier molecular flexibility index (Phi) is 8.67. The number of hydrogen-bond acceptors (Lipinski definition) is 6. The Morgan fingerprint density at radius 2 is 1.65 bits per heavy atom. The molecule has 0 fully saturated rings. The Hall–Kier alpha value is -2.64. The van der Waals surface area contributed by atoms with Crippen molar-refractivity contribution >= 4 is 0 Å². The van der Waals surface area contributed by atoms with Gasteiger partial charge in [0.25, 0.3) is 0 Å². The lowest BCUT2D eigenvalue weighted by Crippen LogP contribution is -2.34. The molecule has 0 saturated heterocycles. The summed E-state index contributed by atoms with van der Waals surface area (Å²) in [6, 6.07) is 20.0. The summed E-state index contributed by atoms with van der Waals surface area (Å²) >= 11 is 0. The fourth-order valence-corrected chi connectivity index (χ4v) is 3.58. The smallest absolute Gasteiger partial charge is 0.133 e. The van der Waals surface area contributed by atoms with Gasteiger partial charge in [0.1, 0.15) is 6.23 Å². The number of aliphatic hydroxyl groups excluding tert-OH is 2. The summed E-state index contributed by atoms with van der Waals surface area (Å²) in [5.74, 6) is 0. The Morgan fingerprint density at radius 3 is 2.29 bits per heavy atom. The molecule has 1 heterocycles. The average Bonchev–Trinajstić information content (AvgIpc) is 2.82. The fourth-order valence-electron chi connectivity index (χ4n) is 3.58. The van der Waals surface area contributed by atoms with Crippen LogP contribution in [0, 0.1) is 0 Å². The van der Waals surface area contributed by atoms with Crippen molar-refractivity contribution in [3.8, 4) is 0 Å². The standard InChI is InChI=1S/C25H32N4O2/c1-3-23(26-17-24(30)21-7-5-4-6-8-21)15-19-9-11-22(12-10-19)25(31)29(2)18-20-13-14-27-28-16-20/h4-14,16,23-26,30-31H,3,15,17-18H2,1-2H3/t23-,24-,25?/m0/s1. The fraction of sp³-hybridized carbons (Fsp3) is 0.360. The van der Waals surface area contributed by atoms with E-state index in [-0.39, 0.29) is 6.04 Å². The minimum absolute atomic E-state index is 0.274. The molecule has 3 aromatic rings. The number of nitrogens with one attached hydrogen (secondary N) is 1. The lowest BCUT2D eigenvalue weighted by molar-refractivity contribution is 0.0151. The zero-order valence-corrected chi connectivity index (χ0v) is 18.2. The van der Waals surface area contributed by atoms with Gasteiger partial charge in [-0.05, 0) is 48.2 Å². The van der Waals surface area contributed by atoms with Crippen LogP contribution in [0.3, 0.4) is 0 Å². The molecule has 31 heavy (non-hydrogen) atoms. The normalized spacial score (nSPS) is 14.4. The molecular weight excluding hydrogens is 388 g/mol. The Balaban J connectivity index is 1.52. The van der Waals surface area contributed by atoms with Gasteiger partial charge >= 0.3 is 0 Å². The zero-order valence-electron chi connectivity index (χ0n) is 18.2. The molecule has 3 atom stereocenters. The van der Waals surface area contributed by atoms with Crippen molar-refractivity contribution < 1.29 is 10.2 Å². The van der Waals surface area contributed by atoms with E-state index >= 15 is 0 Å². The van der Waals surface area contributed by atoms with Crippen molar-refractivity contribution in [1.82, 2.24) is 20.4 Å². The van der Waals surface area contributed by atoms with Crippen LogP contribution in [-0.2, 0) is 13.0 Å². The molecule has 0 aliphatic carbocycles. The topological polar surface area (TPSA) is 81.5 Å². The third kappa shape index (κ3) is 6.94. The van der Waals surface area contributed by atoms with Crippen LogP contribution in [0.2, 0.25) is 0 Å². The van der Waals surface area contributed by atoms with Crippen molar-refractivity contribution in [2.45, 2.75) is 44.7 Å². The molecule has 3 rings (SSSR count). The van der Waals surface area contributed by atoms with Gasteiger partial charge in [-0.25, -0.2) is 0 Å². The van der Waals surface area contributed by atoms with Crippen LogP contribution in [0.5, 0.6) is 0 Å². The summed E-state index contributed by atoms with van der Waals surface area (Å²) in [7, 11) is 1.88. The van der Waals surface area contributed by atoms with Crippen molar-refractivity contribution in [2.24, 2.45) is 0 Å². The molecule has 1 unspecified atom stereocenters. The van der Waals surface area contributed by atoms with Gasteiger partial charge in [-0.1, -0.05) is 61.5 Å². The summed E-state index contributed by atoms with van der Waals surface area (Å²) in [5, 5.41) is 32.2. The monoisotopic (exact) mass is 420 g/mol. The lowest BCUT2D eigenvalue weighted by Gasteiger charge is -2.24. The molecule has 0 radical (unpaired) electrons. The first kappa shape index (κ1) is 23.0. The van der Waals surface area contributed by atoms with E-state index in [1.54, 1.807) is 12.4 Å². The third-order valence-corrected chi connectivity index (χ3v) is 5.53. The SMILES string of the molecule is CC[C@@H](Cc1ccc(C(O)N(C)Cc2ccnnc2)cc1)NC[C@H](O)c1ccccc1. The van der Waals surface area contributed by atoms with Crippen LogP contribution < -0.4 is 5.32 Å². The van der Waals surface area contributed by atoms with E-state index < -0.39 is 12.3 Å². The second kappa shape index (κ2) is 11.7. The van der Waals surface area contributed by atoms with E-state index in [2.05, 4.69) is 34.6 Å². The van der Waals surface area contributed by atoms with E-state index in [1.165, 1.54) is 5.56 Å². The molecule has 164 valence electrons. The number of aliphatic hydroxyl groups is 2. The van der Waals surface area contributed by atoms with Crippen LogP contribution in [0.4, 0.5) is 0 Å². The van der Waals surface area contributed by atoms with Gasteiger partial charge in [0.2, 0.25) is 0 Å². The maximum Gasteiger partial charge on any atom is 0.133 e.